The minimum Gasteiger partial charge on any atom is -0.248 e. The number of rotatable bonds is 2. The Labute approximate surface area is 81.1 Å². The fraction of sp³-hybridized carbons (Fsp3) is 0.500. The number of hydrogen-bond donors (Lipinski definition) is 0. The molecule has 56 valence electrons. The van der Waals surface area contributed by atoms with Gasteiger partial charge in [0.1, 0.15) is 0 Å². The topological polar surface area (TPSA) is 12.9 Å². The normalized spacial score (nSPS) is 13.5. The van der Waals surface area contributed by atoms with Crippen LogP contribution in [-0.2, 0) is 0 Å². The molecule has 0 saturated carbocycles. The highest BCUT2D eigenvalue weighted by molar-refractivity contribution is 9.11. The summed E-state index contributed by atoms with van der Waals surface area (Å²) in [7, 11) is 0. The van der Waals surface area contributed by atoms with Gasteiger partial charge in [-0.05, 0) is 15.9 Å². The predicted octanol–water partition coefficient (Wildman–Crippen LogP) is 3.40. The molecule has 1 nitrogen and oxygen atoms in total. The third-order valence-electron chi connectivity index (χ3n) is 1.15. The first-order valence-electron chi connectivity index (χ1n) is 2.91. The van der Waals surface area contributed by atoms with Crippen molar-refractivity contribution in [1.82, 2.24) is 4.98 Å². The van der Waals surface area contributed by atoms with Crippen molar-refractivity contribution in [2.45, 2.75) is 12.8 Å². The largest absolute Gasteiger partial charge is 0.248 e. The van der Waals surface area contributed by atoms with Gasteiger partial charge in [-0.2, -0.15) is 0 Å². The van der Waals surface area contributed by atoms with Crippen LogP contribution in [-0.4, -0.2) is 10.3 Å². The summed E-state index contributed by atoms with van der Waals surface area (Å²) in [5.74, 6) is 0.524. The maximum Gasteiger partial charge on any atom is 0.0973 e. The molecule has 0 N–H and O–H groups in total. The van der Waals surface area contributed by atoms with Crippen molar-refractivity contribution < 1.29 is 0 Å². The van der Waals surface area contributed by atoms with E-state index in [0.29, 0.717) is 5.92 Å². The van der Waals surface area contributed by atoms with E-state index in [-0.39, 0.29) is 0 Å². The van der Waals surface area contributed by atoms with E-state index in [1.807, 2.05) is 6.20 Å². The average molecular weight is 285 g/mol. The Kier molecular flexibility index (Phi) is 3.33. The predicted molar refractivity (Wildman–Crippen MR) is 52.0 cm³/mol. The monoisotopic (exact) mass is 283 g/mol. The maximum atomic E-state index is 4.23. The van der Waals surface area contributed by atoms with Gasteiger partial charge < -0.3 is 0 Å². The second-order valence-electron chi connectivity index (χ2n) is 2.06. The zero-order valence-electron chi connectivity index (χ0n) is 5.47. The minimum absolute atomic E-state index is 0.524. The summed E-state index contributed by atoms with van der Waals surface area (Å²) in [6.07, 6.45) is 1.85. The van der Waals surface area contributed by atoms with Gasteiger partial charge in [0.15, 0.2) is 0 Å². The van der Waals surface area contributed by atoms with Gasteiger partial charge >= 0.3 is 0 Å². The van der Waals surface area contributed by atoms with Crippen LogP contribution in [0.3, 0.4) is 0 Å². The first-order chi connectivity index (χ1) is 4.74. The van der Waals surface area contributed by atoms with E-state index in [4.69, 9.17) is 0 Å². The van der Waals surface area contributed by atoms with E-state index in [1.54, 1.807) is 11.3 Å². The fourth-order valence-corrected chi connectivity index (χ4v) is 2.38. The molecule has 1 unspecified atom stereocenters. The molecule has 10 heavy (non-hydrogen) atoms. The van der Waals surface area contributed by atoms with Gasteiger partial charge in [-0.15, -0.1) is 11.3 Å². The fourth-order valence-electron chi connectivity index (χ4n) is 0.561. The van der Waals surface area contributed by atoms with Crippen molar-refractivity contribution in [1.29, 1.82) is 0 Å². The van der Waals surface area contributed by atoms with Gasteiger partial charge in [0.05, 0.1) is 15.0 Å². The summed E-state index contributed by atoms with van der Waals surface area (Å²) < 4.78 is 1.11. The van der Waals surface area contributed by atoms with Gasteiger partial charge in [-0.1, -0.05) is 22.9 Å². The Morgan fingerprint density at radius 2 is 2.50 bits per heavy atom. The van der Waals surface area contributed by atoms with Crippen molar-refractivity contribution in [3.63, 3.8) is 0 Å². The third kappa shape index (κ3) is 2.04. The summed E-state index contributed by atoms with van der Waals surface area (Å²) >= 11 is 8.48. The number of halogens is 2. The van der Waals surface area contributed by atoms with Crippen LogP contribution in [0, 0.1) is 0 Å². The maximum absolute atomic E-state index is 4.23. The van der Waals surface area contributed by atoms with Crippen molar-refractivity contribution in [2.75, 3.05) is 5.33 Å². The lowest BCUT2D eigenvalue weighted by Gasteiger charge is -1.99. The van der Waals surface area contributed by atoms with Crippen LogP contribution in [0.5, 0.6) is 0 Å². The molecule has 1 atom stereocenters. The second kappa shape index (κ2) is 3.83. The van der Waals surface area contributed by atoms with Crippen LogP contribution in [0.2, 0.25) is 0 Å². The van der Waals surface area contributed by atoms with Gasteiger partial charge in [-0.25, -0.2) is 4.98 Å². The standard InChI is InChI=1S/C6H7Br2NS/c1-4(2-7)6-9-3-5(8)10-6/h3-4H,2H2,1H3. The van der Waals surface area contributed by atoms with E-state index in [2.05, 4.69) is 43.8 Å². The minimum atomic E-state index is 0.524. The van der Waals surface area contributed by atoms with E-state index in [0.717, 1.165) is 9.12 Å². The molecule has 1 aromatic heterocycles. The molecule has 0 amide bonds. The number of aromatic nitrogens is 1. The van der Waals surface area contributed by atoms with Crippen LogP contribution >= 0.6 is 43.2 Å². The van der Waals surface area contributed by atoms with E-state index in [9.17, 15) is 0 Å². The number of hydrogen-bond acceptors (Lipinski definition) is 2. The average Bonchev–Trinajstić information content (AvgIpc) is 2.34. The molecule has 1 rings (SSSR count). The summed E-state index contributed by atoms with van der Waals surface area (Å²) in [6, 6.07) is 0. The first-order valence-corrected chi connectivity index (χ1v) is 5.64. The molecule has 0 aliphatic heterocycles. The first kappa shape index (κ1) is 8.68. The summed E-state index contributed by atoms with van der Waals surface area (Å²) in [5, 5.41) is 2.16. The molecule has 1 aromatic rings. The zero-order valence-corrected chi connectivity index (χ0v) is 9.46. The summed E-state index contributed by atoms with van der Waals surface area (Å²) in [4.78, 5) is 4.23. The summed E-state index contributed by atoms with van der Waals surface area (Å²) in [5.41, 5.74) is 0. The van der Waals surface area contributed by atoms with Crippen LogP contribution in [0.25, 0.3) is 0 Å². The van der Waals surface area contributed by atoms with Crippen molar-refractivity contribution >= 4 is 43.2 Å². The number of alkyl halides is 1. The highest BCUT2D eigenvalue weighted by Gasteiger charge is 2.06. The molecule has 4 heteroatoms. The zero-order chi connectivity index (χ0) is 7.56. The van der Waals surface area contributed by atoms with Gasteiger partial charge in [0.25, 0.3) is 0 Å². The highest BCUT2D eigenvalue weighted by atomic mass is 79.9. The molecule has 0 bridgehead atoms. The number of thiazole rings is 1. The third-order valence-corrected chi connectivity index (χ3v) is 3.83. The lowest BCUT2D eigenvalue weighted by Crippen LogP contribution is -1.91. The van der Waals surface area contributed by atoms with E-state index >= 15 is 0 Å². The van der Waals surface area contributed by atoms with Crippen LogP contribution in [0.4, 0.5) is 0 Å². The summed E-state index contributed by atoms with van der Waals surface area (Å²) in [6.45, 7) is 2.15. The number of nitrogens with zero attached hydrogens (tertiary/aromatic N) is 1. The molecule has 0 aliphatic carbocycles. The van der Waals surface area contributed by atoms with Gasteiger partial charge in [0.2, 0.25) is 0 Å². The van der Waals surface area contributed by atoms with E-state index in [1.165, 1.54) is 5.01 Å². The van der Waals surface area contributed by atoms with Crippen molar-refractivity contribution in [2.24, 2.45) is 0 Å². The van der Waals surface area contributed by atoms with Crippen LogP contribution in [0.15, 0.2) is 9.98 Å². The Balaban J connectivity index is 2.74. The molecule has 0 radical (unpaired) electrons. The molecular formula is C6H7Br2NS. The van der Waals surface area contributed by atoms with Gasteiger partial charge in [-0.3, -0.25) is 0 Å². The molecule has 0 spiro atoms. The second-order valence-corrected chi connectivity index (χ2v) is 5.15. The van der Waals surface area contributed by atoms with Crippen LogP contribution in [0.1, 0.15) is 17.8 Å². The van der Waals surface area contributed by atoms with Crippen molar-refractivity contribution in [3.05, 3.63) is 15.0 Å². The Hall–Kier alpha value is 0.590. The quantitative estimate of drug-likeness (QED) is 0.759. The lowest BCUT2D eigenvalue weighted by molar-refractivity contribution is 0.872. The molecule has 0 aliphatic rings. The Bertz CT molecular complexity index is 211. The Morgan fingerprint density at radius 1 is 1.80 bits per heavy atom. The lowest BCUT2D eigenvalue weighted by atomic mass is 10.2. The molecule has 0 fully saturated rings. The van der Waals surface area contributed by atoms with Gasteiger partial charge in [0, 0.05) is 11.2 Å². The van der Waals surface area contributed by atoms with E-state index < -0.39 is 0 Å². The molecule has 0 saturated heterocycles. The molecule has 1 heterocycles. The highest BCUT2D eigenvalue weighted by Crippen LogP contribution is 2.26. The SMILES string of the molecule is CC(CBr)c1ncc(Br)s1. The van der Waals surface area contributed by atoms with Crippen LogP contribution < -0.4 is 0 Å². The van der Waals surface area contributed by atoms with Crippen molar-refractivity contribution in [3.8, 4) is 0 Å². The Morgan fingerprint density at radius 3 is 2.90 bits per heavy atom. The smallest absolute Gasteiger partial charge is 0.0973 e. The molecule has 0 aromatic carbocycles. The molecular weight excluding hydrogens is 278 g/mol.